The number of rotatable bonds is 7. The molecule has 0 radical (unpaired) electrons. The average Bonchev–Trinajstić information content (AvgIpc) is 2.26. The summed E-state index contributed by atoms with van der Waals surface area (Å²) in [6.45, 7) is 7.29. The predicted molar refractivity (Wildman–Crippen MR) is 69.3 cm³/mol. The van der Waals surface area contributed by atoms with E-state index in [2.05, 4.69) is 22.2 Å². The number of nitrogens with zero attached hydrogens (tertiary/aromatic N) is 2. The van der Waals surface area contributed by atoms with Gasteiger partial charge in [-0.25, -0.2) is 4.98 Å². The van der Waals surface area contributed by atoms with Crippen molar-refractivity contribution in [1.82, 2.24) is 9.97 Å². The maximum absolute atomic E-state index is 5.48. The molecule has 1 aromatic rings. The number of hydrogen-bond donors (Lipinski definition) is 2. The number of aryl methyl sites for hydroxylation is 1. The Morgan fingerprint density at radius 1 is 1.47 bits per heavy atom. The molecule has 1 atom stereocenters. The molecule has 1 aromatic heterocycles. The minimum Gasteiger partial charge on any atom is -0.478 e. The van der Waals surface area contributed by atoms with Crippen molar-refractivity contribution in [1.29, 1.82) is 0 Å². The predicted octanol–water partition coefficient (Wildman–Crippen LogP) is 1.72. The van der Waals surface area contributed by atoms with Gasteiger partial charge in [0.25, 0.3) is 0 Å². The highest BCUT2D eigenvalue weighted by molar-refractivity contribution is 5.31. The van der Waals surface area contributed by atoms with Gasteiger partial charge in [-0.3, -0.25) is 0 Å². The molecule has 3 N–H and O–H groups in total. The number of nitrogens with one attached hydrogen (secondary N) is 1. The SMILES string of the molecule is CCOc1cc(C)nc(NC(C)CCCN)n1. The Morgan fingerprint density at radius 2 is 2.24 bits per heavy atom. The Morgan fingerprint density at radius 3 is 2.88 bits per heavy atom. The lowest BCUT2D eigenvalue weighted by molar-refractivity contribution is 0.326. The van der Waals surface area contributed by atoms with Crippen LogP contribution in [0.15, 0.2) is 6.07 Å². The molecule has 0 aliphatic carbocycles. The highest BCUT2D eigenvalue weighted by Crippen LogP contribution is 2.13. The highest BCUT2D eigenvalue weighted by atomic mass is 16.5. The minimum absolute atomic E-state index is 0.315. The van der Waals surface area contributed by atoms with Gasteiger partial charge in [0.1, 0.15) is 0 Å². The second-order valence-corrected chi connectivity index (χ2v) is 4.08. The Hall–Kier alpha value is -1.36. The molecule has 1 rings (SSSR count). The third-order valence-electron chi connectivity index (χ3n) is 2.34. The summed E-state index contributed by atoms with van der Waals surface area (Å²) in [7, 11) is 0. The van der Waals surface area contributed by atoms with E-state index in [0.717, 1.165) is 18.5 Å². The molecule has 0 aliphatic rings. The van der Waals surface area contributed by atoms with Crippen LogP contribution in [-0.4, -0.2) is 29.2 Å². The monoisotopic (exact) mass is 238 g/mol. The van der Waals surface area contributed by atoms with E-state index in [0.29, 0.717) is 31.0 Å². The maximum atomic E-state index is 5.48. The molecule has 0 saturated heterocycles. The Labute approximate surface area is 103 Å². The van der Waals surface area contributed by atoms with Crippen molar-refractivity contribution < 1.29 is 4.74 Å². The van der Waals surface area contributed by atoms with Crippen LogP contribution >= 0.6 is 0 Å². The second-order valence-electron chi connectivity index (χ2n) is 4.08. The molecular formula is C12H22N4O. The topological polar surface area (TPSA) is 73.1 Å². The van der Waals surface area contributed by atoms with E-state index < -0.39 is 0 Å². The van der Waals surface area contributed by atoms with Crippen LogP contribution in [-0.2, 0) is 0 Å². The van der Waals surface area contributed by atoms with Gasteiger partial charge < -0.3 is 15.8 Å². The number of aromatic nitrogens is 2. The smallest absolute Gasteiger partial charge is 0.226 e. The first-order valence-electron chi connectivity index (χ1n) is 6.10. The molecule has 17 heavy (non-hydrogen) atoms. The van der Waals surface area contributed by atoms with Crippen LogP contribution < -0.4 is 15.8 Å². The Kier molecular flexibility index (Phi) is 5.69. The summed E-state index contributed by atoms with van der Waals surface area (Å²) in [5.74, 6) is 1.24. The van der Waals surface area contributed by atoms with E-state index in [9.17, 15) is 0 Å². The first-order valence-corrected chi connectivity index (χ1v) is 6.10. The summed E-state index contributed by atoms with van der Waals surface area (Å²) < 4.78 is 5.38. The van der Waals surface area contributed by atoms with E-state index in [-0.39, 0.29) is 0 Å². The first kappa shape index (κ1) is 13.7. The molecule has 96 valence electrons. The summed E-state index contributed by atoms with van der Waals surface area (Å²) in [5, 5.41) is 3.26. The molecule has 0 fully saturated rings. The average molecular weight is 238 g/mol. The fourth-order valence-electron chi connectivity index (χ4n) is 1.54. The fourth-order valence-corrected chi connectivity index (χ4v) is 1.54. The van der Waals surface area contributed by atoms with Crippen molar-refractivity contribution >= 4 is 5.95 Å². The molecule has 0 spiro atoms. The number of nitrogens with two attached hydrogens (primary N) is 1. The third kappa shape index (κ3) is 4.99. The number of hydrogen-bond acceptors (Lipinski definition) is 5. The normalized spacial score (nSPS) is 12.2. The zero-order valence-corrected chi connectivity index (χ0v) is 10.9. The quantitative estimate of drug-likeness (QED) is 0.756. The summed E-state index contributed by atoms with van der Waals surface area (Å²) in [6, 6.07) is 2.15. The van der Waals surface area contributed by atoms with Crippen LogP contribution in [0.1, 0.15) is 32.4 Å². The lowest BCUT2D eigenvalue weighted by atomic mass is 10.2. The van der Waals surface area contributed by atoms with Crippen molar-refractivity contribution in [2.75, 3.05) is 18.5 Å². The number of ether oxygens (including phenoxy) is 1. The molecule has 0 amide bonds. The molecule has 5 heteroatoms. The molecule has 1 heterocycles. The van der Waals surface area contributed by atoms with Crippen LogP contribution in [0.2, 0.25) is 0 Å². The fraction of sp³-hybridized carbons (Fsp3) is 0.667. The molecule has 0 aromatic carbocycles. The lowest BCUT2D eigenvalue weighted by Gasteiger charge is -2.14. The minimum atomic E-state index is 0.315. The van der Waals surface area contributed by atoms with Crippen molar-refractivity contribution in [2.24, 2.45) is 5.73 Å². The molecular weight excluding hydrogens is 216 g/mol. The van der Waals surface area contributed by atoms with Gasteiger partial charge in [0.05, 0.1) is 6.61 Å². The van der Waals surface area contributed by atoms with E-state index >= 15 is 0 Å². The zero-order valence-electron chi connectivity index (χ0n) is 10.9. The summed E-state index contributed by atoms with van der Waals surface area (Å²) in [6.07, 6.45) is 2.01. The molecule has 0 saturated carbocycles. The van der Waals surface area contributed by atoms with Crippen LogP contribution in [0.3, 0.4) is 0 Å². The third-order valence-corrected chi connectivity index (χ3v) is 2.34. The lowest BCUT2D eigenvalue weighted by Crippen LogP contribution is -2.18. The van der Waals surface area contributed by atoms with Gasteiger partial charge in [-0.1, -0.05) is 0 Å². The Bertz CT molecular complexity index is 343. The molecule has 1 unspecified atom stereocenters. The zero-order chi connectivity index (χ0) is 12.7. The molecule has 0 bridgehead atoms. The number of anilines is 1. The summed E-state index contributed by atoms with van der Waals surface area (Å²) in [5.41, 5.74) is 6.38. The van der Waals surface area contributed by atoms with Crippen molar-refractivity contribution in [3.8, 4) is 5.88 Å². The summed E-state index contributed by atoms with van der Waals surface area (Å²) >= 11 is 0. The van der Waals surface area contributed by atoms with Crippen molar-refractivity contribution in [3.63, 3.8) is 0 Å². The van der Waals surface area contributed by atoms with E-state index in [1.54, 1.807) is 0 Å². The molecule has 5 nitrogen and oxygen atoms in total. The van der Waals surface area contributed by atoms with Gasteiger partial charge in [-0.15, -0.1) is 0 Å². The first-order chi connectivity index (χ1) is 8.15. The van der Waals surface area contributed by atoms with E-state index in [1.165, 1.54) is 0 Å². The van der Waals surface area contributed by atoms with Crippen LogP contribution in [0, 0.1) is 6.92 Å². The highest BCUT2D eigenvalue weighted by Gasteiger charge is 2.06. The van der Waals surface area contributed by atoms with Gasteiger partial charge in [-0.05, 0) is 40.2 Å². The molecule has 0 aliphatic heterocycles. The van der Waals surface area contributed by atoms with Gasteiger partial charge in [0, 0.05) is 17.8 Å². The van der Waals surface area contributed by atoms with Crippen LogP contribution in [0.5, 0.6) is 5.88 Å². The largest absolute Gasteiger partial charge is 0.478 e. The van der Waals surface area contributed by atoms with Crippen LogP contribution in [0.25, 0.3) is 0 Å². The second kappa shape index (κ2) is 7.06. The summed E-state index contributed by atoms with van der Waals surface area (Å²) in [4.78, 5) is 8.63. The Balaban J connectivity index is 2.63. The maximum Gasteiger partial charge on any atom is 0.226 e. The van der Waals surface area contributed by atoms with E-state index in [1.807, 2.05) is 19.9 Å². The standard InChI is InChI=1S/C12H22N4O/c1-4-17-11-8-10(3)15-12(16-11)14-9(2)6-5-7-13/h8-9H,4-7,13H2,1-3H3,(H,14,15,16). The van der Waals surface area contributed by atoms with Gasteiger partial charge in [0.15, 0.2) is 0 Å². The van der Waals surface area contributed by atoms with Crippen molar-refractivity contribution in [3.05, 3.63) is 11.8 Å². The van der Waals surface area contributed by atoms with Gasteiger partial charge in [0.2, 0.25) is 11.8 Å². The van der Waals surface area contributed by atoms with Crippen molar-refractivity contribution in [2.45, 2.75) is 39.7 Å². The van der Waals surface area contributed by atoms with Gasteiger partial charge >= 0.3 is 0 Å². The van der Waals surface area contributed by atoms with E-state index in [4.69, 9.17) is 10.5 Å². The van der Waals surface area contributed by atoms with Crippen LogP contribution in [0.4, 0.5) is 5.95 Å². The van der Waals surface area contributed by atoms with Gasteiger partial charge in [-0.2, -0.15) is 4.98 Å².